The van der Waals surface area contributed by atoms with E-state index >= 15 is 0 Å². The molecule has 0 saturated carbocycles. The van der Waals surface area contributed by atoms with E-state index in [0.717, 1.165) is 17.7 Å². The average molecular weight is 268 g/mol. The number of hydrogen-bond acceptors (Lipinski definition) is 2. The number of carbonyl (C=O) groups excluding carboxylic acids is 1. The van der Waals surface area contributed by atoms with Gasteiger partial charge in [0.05, 0.1) is 0 Å². The van der Waals surface area contributed by atoms with Crippen LogP contribution in [0.2, 0.25) is 0 Å². The Morgan fingerprint density at radius 2 is 2.00 bits per heavy atom. The summed E-state index contributed by atoms with van der Waals surface area (Å²) in [5.74, 6) is 0.198. The zero-order valence-corrected chi connectivity index (χ0v) is 12.0. The summed E-state index contributed by atoms with van der Waals surface area (Å²) in [6.45, 7) is 4.15. The fraction of sp³-hybridized carbons (Fsp3) is 0.294. The number of nitrogens with one attached hydrogen (secondary N) is 1. The van der Waals surface area contributed by atoms with E-state index in [-0.39, 0.29) is 11.8 Å². The van der Waals surface area contributed by atoms with E-state index in [4.69, 9.17) is 0 Å². The minimum absolute atomic E-state index is 0.0330. The number of pyridine rings is 1. The lowest BCUT2D eigenvalue weighted by atomic mass is 9.99. The number of aromatic nitrogens is 1. The fourth-order valence-electron chi connectivity index (χ4n) is 2.10. The van der Waals surface area contributed by atoms with Crippen LogP contribution in [0.15, 0.2) is 48.8 Å². The second-order valence-electron chi connectivity index (χ2n) is 4.99. The number of amides is 1. The quantitative estimate of drug-likeness (QED) is 0.896. The van der Waals surface area contributed by atoms with Gasteiger partial charge in [0.25, 0.3) is 0 Å². The molecular weight excluding hydrogens is 248 g/mol. The van der Waals surface area contributed by atoms with Gasteiger partial charge in [-0.25, -0.2) is 0 Å². The van der Waals surface area contributed by atoms with E-state index in [1.54, 1.807) is 6.20 Å². The summed E-state index contributed by atoms with van der Waals surface area (Å²) in [6.07, 6.45) is 5.02. The Kier molecular flexibility index (Phi) is 4.88. The summed E-state index contributed by atoms with van der Waals surface area (Å²) in [6, 6.07) is 11.9. The Hall–Kier alpha value is -2.16. The molecule has 1 aromatic carbocycles. The molecule has 2 aromatic rings. The van der Waals surface area contributed by atoms with Crippen molar-refractivity contribution in [3.05, 3.63) is 59.9 Å². The number of rotatable bonds is 5. The Morgan fingerprint density at radius 1 is 1.25 bits per heavy atom. The molecule has 1 N–H and O–H groups in total. The van der Waals surface area contributed by atoms with Crippen molar-refractivity contribution in [1.82, 2.24) is 4.98 Å². The number of benzene rings is 1. The number of anilines is 1. The minimum Gasteiger partial charge on any atom is -0.326 e. The van der Waals surface area contributed by atoms with Gasteiger partial charge in [0.2, 0.25) is 5.91 Å². The predicted octanol–water partition coefficient (Wildman–Crippen LogP) is 3.78. The van der Waals surface area contributed by atoms with Gasteiger partial charge in [0.15, 0.2) is 0 Å². The zero-order valence-electron chi connectivity index (χ0n) is 12.0. The van der Waals surface area contributed by atoms with E-state index < -0.39 is 0 Å². The molecule has 0 aliphatic rings. The van der Waals surface area contributed by atoms with Crippen LogP contribution in [0.25, 0.3) is 0 Å². The van der Waals surface area contributed by atoms with Crippen molar-refractivity contribution in [1.29, 1.82) is 0 Å². The molecule has 0 spiro atoms. The highest BCUT2D eigenvalue weighted by molar-refractivity contribution is 5.91. The third-order valence-electron chi connectivity index (χ3n) is 3.39. The van der Waals surface area contributed by atoms with Crippen molar-refractivity contribution in [2.45, 2.75) is 32.6 Å². The van der Waals surface area contributed by atoms with Crippen molar-refractivity contribution >= 4 is 11.6 Å². The molecule has 20 heavy (non-hydrogen) atoms. The third-order valence-corrected chi connectivity index (χ3v) is 3.39. The predicted molar refractivity (Wildman–Crippen MR) is 81.7 cm³/mol. The van der Waals surface area contributed by atoms with Gasteiger partial charge in [-0.1, -0.05) is 32.0 Å². The Labute approximate surface area is 120 Å². The molecule has 0 saturated heterocycles. The average Bonchev–Trinajstić information content (AvgIpc) is 2.49. The summed E-state index contributed by atoms with van der Waals surface area (Å²) in [5.41, 5.74) is 3.21. The summed E-state index contributed by atoms with van der Waals surface area (Å²) >= 11 is 0. The van der Waals surface area contributed by atoms with E-state index in [0.29, 0.717) is 6.42 Å². The van der Waals surface area contributed by atoms with Crippen LogP contribution in [0.1, 0.15) is 37.3 Å². The number of nitrogens with zero attached hydrogens (tertiary/aromatic N) is 1. The van der Waals surface area contributed by atoms with Gasteiger partial charge in [0.1, 0.15) is 0 Å². The SMILES string of the molecule is CCc1ccc(NC(=O)CC(C)c2cccnc2)cc1. The molecule has 1 atom stereocenters. The Morgan fingerprint density at radius 3 is 2.60 bits per heavy atom. The van der Waals surface area contributed by atoms with E-state index in [1.807, 2.05) is 49.5 Å². The van der Waals surface area contributed by atoms with Crippen molar-refractivity contribution in [3.63, 3.8) is 0 Å². The summed E-state index contributed by atoms with van der Waals surface area (Å²) in [4.78, 5) is 16.1. The molecule has 1 unspecified atom stereocenters. The van der Waals surface area contributed by atoms with E-state index in [9.17, 15) is 4.79 Å². The molecule has 3 nitrogen and oxygen atoms in total. The molecule has 0 aliphatic carbocycles. The van der Waals surface area contributed by atoms with Crippen molar-refractivity contribution < 1.29 is 4.79 Å². The Balaban J connectivity index is 1.91. The second kappa shape index (κ2) is 6.85. The fourth-order valence-corrected chi connectivity index (χ4v) is 2.10. The topological polar surface area (TPSA) is 42.0 Å². The molecular formula is C17H20N2O. The minimum atomic E-state index is 0.0330. The van der Waals surface area contributed by atoms with Gasteiger partial charge < -0.3 is 5.32 Å². The molecule has 1 aromatic heterocycles. The maximum atomic E-state index is 12.0. The van der Waals surface area contributed by atoms with Crippen LogP contribution in [0.3, 0.4) is 0 Å². The molecule has 0 bridgehead atoms. The first-order valence-corrected chi connectivity index (χ1v) is 6.97. The van der Waals surface area contributed by atoms with Crippen LogP contribution in [0.4, 0.5) is 5.69 Å². The third kappa shape index (κ3) is 3.92. The van der Waals surface area contributed by atoms with Crippen LogP contribution in [-0.4, -0.2) is 10.9 Å². The first kappa shape index (κ1) is 14.3. The molecule has 3 heteroatoms. The van der Waals surface area contributed by atoms with Gasteiger partial charge in [0, 0.05) is 24.5 Å². The molecule has 1 amide bonds. The van der Waals surface area contributed by atoms with Crippen LogP contribution >= 0.6 is 0 Å². The standard InChI is InChI=1S/C17H20N2O/c1-3-14-6-8-16(9-7-14)19-17(20)11-13(2)15-5-4-10-18-12-15/h4-10,12-13H,3,11H2,1-2H3,(H,19,20). The number of hydrogen-bond donors (Lipinski definition) is 1. The van der Waals surface area contributed by atoms with Crippen LogP contribution in [-0.2, 0) is 11.2 Å². The Bertz CT molecular complexity index is 549. The smallest absolute Gasteiger partial charge is 0.224 e. The van der Waals surface area contributed by atoms with E-state index in [2.05, 4.69) is 17.2 Å². The largest absolute Gasteiger partial charge is 0.326 e. The highest BCUT2D eigenvalue weighted by atomic mass is 16.1. The van der Waals surface area contributed by atoms with Gasteiger partial charge >= 0.3 is 0 Å². The molecule has 0 aliphatic heterocycles. The summed E-state index contributed by atoms with van der Waals surface area (Å²) < 4.78 is 0. The maximum Gasteiger partial charge on any atom is 0.224 e. The summed E-state index contributed by atoms with van der Waals surface area (Å²) in [5, 5.41) is 2.93. The number of aryl methyl sites for hydroxylation is 1. The molecule has 0 fully saturated rings. The van der Waals surface area contributed by atoms with Crippen LogP contribution in [0.5, 0.6) is 0 Å². The monoisotopic (exact) mass is 268 g/mol. The van der Waals surface area contributed by atoms with Crippen LogP contribution < -0.4 is 5.32 Å². The van der Waals surface area contributed by atoms with Gasteiger partial charge in [-0.05, 0) is 41.7 Å². The van der Waals surface area contributed by atoms with Gasteiger partial charge in [-0.3, -0.25) is 9.78 Å². The van der Waals surface area contributed by atoms with Crippen molar-refractivity contribution in [2.24, 2.45) is 0 Å². The van der Waals surface area contributed by atoms with E-state index in [1.165, 1.54) is 5.56 Å². The summed E-state index contributed by atoms with van der Waals surface area (Å²) in [7, 11) is 0. The first-order valence-electron chi connectivity index (χ1n) is 6.97. The molecule has 2 rings (SSSR count). The molecule has 1 heterocycles. The first-order chi connectivity index (χ1) is 9.69. The van der Waals surface area contributed by atoms with Gasteiger partial charge in [-0.15, -0.1) is 0 Å². The maximum absolute atomic E-state index is 12.0. The zero-order chi connectivity index (χ0) is 14.4. The van der Waals surface area contributed by atoms with Gasteiger partial charge in [-0.2, -0.15) is 0 Å². The highest BCUT2D eigenvalue weighted by Gasteiger charge is 2.11. The number of carbonyl (C=O) groups is 1. The molecule has 0 radical (unpaired) electrons. The lowest BCUT2D eigenvalue weighted by Crippen LogP contribution is -2.14. The van der Waals surface area contributed by atoms with Crippen molar-refractivity contribution in [3.8, 4) is 0 Å². The highest BCUT2D eigenvalue weighted by Crippen LogP contribution is 2.19. The normalized spacial score (nSPS) is 11.9. The molecule has 104 valence electrons. The van der Waals surface area contributed by atoms with Crippen molar-refractivity contribution in [2.75, 3.05) is 5.32 Å². The van der Waals surface area contributed by atoms with Crippen LogP contribution in [0, 0.1) is 0 Å². The lowest BCUT2D eigenvalue weighted by molar-refractivity contribution is -0.116. The lowest BCUT2D eigenvalue weighted by Gasteiger charge is -2.11. The second-order valence-corrected chi connectivity index (χ2v) is 4.99.